The monoisotopic (exact) mass is 404 g/mol. The van der Waals surface area contributed by atoms with E-state index in [0.29, 0.717) is 11.1 Å². The Morgan fingerprint density at radius 3 is 2.69 bits per heavy atom. The molecule has 0 fully saturated rings. The van der Waals surface area contributed by atoms with Crippen molar-refractivity contribution in [1.82, 2.24) is 20.1 Å². The van der Waals surface area contributed by atoms with Crippen LogP contribution in [0.15, 0.2) is 59.6 Å². The maximum Gasteiger partial charge on any atom is 0.420 e. The standard InChI is InChI=1S/C19H12F4N4O2/c1-10(8-20)28-16-5-3-12(6-13(16)19(21,22)23)18-26-17(27-29-18)11-2-4-14-15(7-11)25-9-24-14/h2-7,9H,1,8H2,(H,24,25). The molecule has 148 valence electrons. The van der Waals surface area contributed by atoms with Crippen molar-refractivity contribution in [3.63, 3.8) is 0 Å². The number of ether oxygens (including phenoxy) is 1. The molecule has 4 rings (SSSR count). The van der Waals surface area contributed by atoms with Crippen LogP contribution in [0.2, 0.25) is 0 Å². The van der Waals surface area contributed by atoms with Crippen LogP contribution in [0.5, 0.6) is 5.75 Å². The molecule has 0 radical (unpaired) electrons. The van der Waals surface area contributed by atoms with Gasteiger partial charge < -0.3 is 14.2 Å². The van der Waals surface area contributed by atoms with Crippen LogP contribution in [0.25, 0.3) is 33.9 Å². The summed E-state index contributed by atoms with van der Waals surface area (Å²) in [5, 5.41) is 3.83. The van der Waals surface area contributed by atoms with Crippen molar-refractivity contribution in [2.45, 2.75) is 6.18 Å². The van der Waals surface area contributed by atoms with E-state index in [4.69, 9.17) is 9.26 Å². The average Bonchev–Trinajstić information content (AvgIpc) is 3.36. The maximum atomic E-state index is 13.4. The van der Waals surface area contributed by atoms with Crippen molar-refractivity contribution < 1.29 is 26.8 Å². The smallest absolute Gasteiger partial charge is 0.420 e. The van der Waals surface area contributed by atoms with Gasteiger partial charge in [-0.2, -0.15) is 18.2 Å². The first-order valence-electron chi connectivity index (χ1n) is 8.25. The van der Waals surface area contributed by atoms with Crippen molar-refractivity contribution in [1.29, 1.82) is 0 Å². The minimum atomic E-state index is -4.74. The van der Waals surface area contributed by atoms with Crippen molar-refractivity contribution in [3.8, 4) is 28.6 Å². The Morgan fingerprint density at radius 2 is 1.93 bits per heavy atom. The Kier molecular flexibility index (Phi) is 4.53. The van der Waals surface area contributed by atoms with Gasteiger partial charge in [-0.25, -0.2) is 9.37 Å². The SMILES string of the molecule is C=C(CF)Oc1ccc(-c2nc(-c3ccc4[nH]cnc4c3)no2)cc1C(F)(F)F. The zero-order valence-corrected chi connectivity index (χ0v) is 14.6. The topological polar surface area (TPSA) is 76.8 Å². The quantitative estimate of drug-likeness (QED) is 0.367. The molecule has 4 aromatic rings. The molecule has 0 aliphatic heterocycles. The number of aromatic nitrogens is 4. The second-order valence-electron chi connectivity index (χ2n) is 6.04. The number of allylic oxidation sites excluding steroid dienone is 1. The van der Waals surface area contributed by atoms with Gasteiger partial charge in [0.2, 0.25) is 5.82 Å². The molecule has 0 aliphatic carbocycles. The van der Waals surface area contributed by atoms with Gasteiger partial charge >= 0.3 is 6.18 Å². The third-order valence-electron chi connectivity index (χ3n) is 4.04. The number of benzene rings is 2. The van der Waals surface area contributed by atoms with E-state index >= 15 is 0 Å². The lowest BCUT2D eigenvalue weighted by Gasteiger charge is -2.14. The minimum Gasteiger partial charge on any atom is -0.459 e. The Bertz CT molecular complexity index is 1200. The number of nitrogens with zero attached hydrogens (tertiary/aromatic N) is 3. The molecule has 2 aromatic carbocycles. The summed E-state index contributed by atoms with van der Waals surface area (Å²) in [6.45, 7) is 2.11. The molecule has 0 unspecified atom stereocenters. The lowest BCUT2D eigenvalue weighted by atomic mass is 10.1. The van der Waals surface area contributed by atoms with Gasteiger partial charge in [0.15, 0.2) is 0 Å². The second-order valence-corrected chi connectivity index (χ2v) is 6.04. The van der Waals surface area contributed by atoms with Crippen molar-refractivity contribution in [2.75, 3.05) is 6.67 Å². The Hall–Kier alpha value is -3.69. The van der Waals surface area contributed by atoms with E-state index in [1.54, 1.807) is 18.2 Å². The zero-order valence-electron chi connectivity index (χ0n) is 14.6. The molecule has 0 saturated carbocycles. The number of hydrogen-bond acceptors (Lipinski definition) is 5. The summed E-state index contributed by atoms with van der Waals surface area (Å²) < 4.78 is 62.7. The Morgan fingerprint density at radius 1 is 1.14 bits per heavy atom. The highest BCUT2D eigenvalue weighted by Gasteiger charge is 2.35. The van der Waals surface area contributed by atoms with Gasteiger partial charge in [0.1, 0.15) is 18.2 Å². The predicted octanol–water partition coefficient (Wildman–Crippen LogP) is 5.16. The Balaban J connectivity index is 1.70. The molecule has 0 bridgehead atoms. The van der Waals surface area contributed by atoms with Gasteiger partial charge in [-0.15, -0.1) is 0 Å². The van der Waals surface area contributed by atoms with Gasteiger partial charge in [0.05, 0.1) is 22.9 Å². The lowest BCUT2D eigenvalue weighted by molar-refractivity contribution is -0.138. The highest BCUT2D eigenvalue weighted by atomic mass is 19.4. The number of aromatic amines is 1. The fourth-order valence-electron chi connectivity index (χ4n) is 2.69. The summed E-state index contributed by atoms with van der Waals surface area (Å²) in [4.78, 5) is 11.3. The first-order valence-corrected chi connectivity index (χ1v) is 8.25. The number of imidazole rings is 1. The summed E-state index contributed by atoms with van der Waals surface area (Å²) in [5.74, 6) is -0.905. The molecule has 0 amide bonds. The van der Waals surface area contributed by atoms with E-state index in [1.807, 2.05) is 0 Å². The number of rotatable bonds is 5. The normalized spacial score (nSPS) is 11.7. The van der Waals surface area contributed by atoms with Crippen LogP contribution in [0, 0.1) is 0 Å². The van der Waals surface area contributed by atoms with E-state index in [2.05, 4.69) is 26.7 Å². The fourth-order valence-corrected chi connectivity index (χ4v) is 2.69. The molecule has 29 heavy (non-hydrogen) atoms. The number of H-pyrrole nitrogens is 1. The van der Waals surface area contributed by atoms with Crippen molar-refractivity contribution in [2.24, 2.45) is 0 Å². The summed E-state index contributed by atoms with van der Waals surface area (Å²) in [6.07, 6.45) is -3.20. The molecule has 2 aromatic heterocycles. The molecular formula is C19H12F4N4O2. The van der Waals surface area contributed by atoms with Crippen molar-refractivity contribution in [3.05, 3.63) is 60.6 Å². The first kappa shape index (κ1) is 18.7. The van der Waals surface area contributed by atoms with Crippen LogP contribution >= 0.6 is 0 Å². The van der Waals surface area contributed by atoms with Gasteiger partial charge in [-0.3, -0.25) is 0 Å². The van der Waals surface area contributed by atoms with Crippen LogP contribution in [-0.2, 0) is 6.18 Å². The van der Waals surface area contributed by atoms with E-state index in [1.165, 1.54) is 12.4 Å². The molecule has 0 saturated heterocycles. The Labute approximate surface area is 160 Å². The molecule has 6 nitrogen and oxygen atoms in total. The van der Waals surface area contributed by atoms with Crippen molar-refractivity contribution >= 4 is 11.0 Å². The largest absolute Gasteiger partial charge is 0.459 e. The van der Waals surface area contributed by atoms with E-state index in [0.717, 1.165) is 17.6 Å². The molecule has 10 heteroatoms. The van der Waals surface area contributed by atoms with Gasteiger partial charge in [-0.1, -0.05) is 11.7 Å². The maximum absolute atomic E-state index is 13.4. The minimum absolute atomic E-state index is 0.0372. The number of nitrogens with one attached hydrogen (secondary N) is 1. The fraction of sp³-hybridized carbons (Fsp3) is 0.105. The predicted molar refractivity (Wildman–Crippen MR) is 95.6 cm³/mol. The number of hydrogen-bond donors (Lipinski definition) is 1. The van der Waals surface area contributed by atoms with Crippen LogP contribution in [0.1, 0.15) is 5.56 Å². The van der Waals surface area contributed by atoms with Crippen LogP contribution < -0.4 is 4.74 Å². The molecule has 0 spiro atoms. The summed E-state index contributed by atoms with van der Waals surface area (Å²) >= 11 is 0. The molecule has 2 heterocycles. The van der Waals surface area contributed by atoms with E-state index in [9.17, 15) is 17.6 Å². The third-order valence-corrected chi connectivity index (χ3v) is 4.04. The summed E-state index contributed by atoms with van der Waals surface area (Å²) in [6, 6.07) is 8.40. The third kappa shape index (κ3) is 3.68. The zero-order chi connectivity index (χ0) is 20.6. The van der Waals surface area contributed by atoms with Crippen LogP contribution in [-0.4, -0.2) is 26.8 Å². The number of fused-ring (bicyclic) bond motifs is 1. The average molecular weight is 404 g/mol. The van der Waals surface area contributed by atoms with Gasteiger partial charge in [0, 0.05) is 11.1 Å². The lowest BCUT2D eigenvalue weighted by Crippen LogP contribution is -2.09. The highest BCUT2D eigenvalue weighted by molar-refractivity contribution is 5.80. The van der Waals surface area contributed by atoms with Gasteiger partial charge in [-0.05, 0) is 36.4 Å². The molecule has 0 atom stereocenters. The van der Waals surface area contributed by atoms with Gasteiger partial charge in [0.25, 0.3) is 5.89 Å². The molecule has 0 aliphatic rings. The van der Waals surface area contributed by atoms with Crippen LogP contribution in [0.4, 0.5) is 17.6 Å². The molecular weight excluding hydrogens is 392 g/mol. The molecule has 1 N–H and O–H groups in total. The van der Waals surface area contributed by atoms with Crippen LogP contribution in [0.3, 0.4) is 0 Å². The second kappa shape index (κ2) is 7.04. The summed E-state index contributed by atoms with van der Waals surface area (Å²) in [5.41, 5.74) is 1.02. The van der Waals surface area contributed by atoms with E-state index in [-0.39, 0.29) is 17.3 Å². The highest BCUT2D eigenvalue weighted by Crippen LogP contribution is 2.39. The number of halogens is 4. The van der Waals surface area contributed by atoms with E-state index < -0.39 is 29.9 Å². The number of alkyl halides is 4. The summed E-state index contributed by atoms with van der Waals surface area (Å²) in [7, 11) is 0. The first-order chi connectivity index (χ1) is 13.8.